The van der Waals surface area contributed by atoms with Crippen molar-refractivity contribution in [3.63, 3.8) is 0 Å². The van der Waals surface area contributed by atoms with Gasteiger partial charge in [0.2, 0.25) is 0 Å². The maximum atomic E-state index is 6.19. The summed E-state index contributed by atoms with van der Waals surface area (Å²) < 4.78 is 0. The third kappa shape index (κ3) is 1.43. The van der Waals surface area contributed by atoms with E-state index in [0.717, 1.165) is 25.2 Å². The molecule has 0 saturated heterocycles. The molecule has 0 aromatic heterocycles. The average molecular weight is 217 g/mol. The predicted octanol–water partition coefficient (Wildman–Crippen LogP) is 1.59. The maximum Gasteiger partial charge on any atom is 0.0320 e. The molecule has 0 spiro atoms. The standard InChI is InChI=1S/C13H19N3/c1-16-6-8-2-3-12(15)11-5-10(14)4-9(7-16)13(8)11/h4-5,8,12H,2-3,6-7,14-15H2,1H3. The lowest BCUT2D eigenvalue weighted by Crippen LogP contribution is -2.35. The topological polar surface area (TPSA) is 55.3 Å². The van der Waals surface area contributed by atoms with Crippen LogP contribution in [0.3, 0.4) is 0 Å². The van der Waals surface area contributed by atoms with Gasteiger partial charge in [0.05, 0.1) is 0 Å². The average Bonchev–Trinajstić information content (AvgIpc) is 2.22. The van der Waals surface area contributed by atoms with E-state index in [4.69, 9.17) is 11.5 Å². The summed E-state index contributed by atoms with van der Waals surface area (Å²) in [7, 11) is 2.18. The fourth-order valence-electron chi connectivity index (χ4n) is 3.29. The zero-order valence-electron chi connectivity index (χ0n) is 9.74. The molecule has 0 bridgehead atoms. The molecule has 0 radical (unpaired) electrons. The van der Waals surface area contributed by atoms with Crippen LogP contribution in [-0.2, 0) is 6.54 Å². The minimum atomic E-state index is 0.192. The monoisotopic (exact) mass is 217 g/mol. The summed E-state index contributed by atoms with van der Waals surface area (Å²) >= 11 is 0. The van der Waals surface area contributed by atoms with Gasteiger partial charge in [0.25, 0.3) is 0 Å². The first-order valence-electron chi connectivity index (χ1n) is 6.01. The normalized spacial score (nSPS) is 28.9. The third-order valence-electron chi connectivity index (χ3n) is 3.93. The van der Waals surface area contributed by atoms with Gasteiger partial charge in [-0.1, -0.05) is 0 Å². The molecule has 1 aliphatic carbocycles. The van der Waals surface area contributed by atoms with Gasteiger partial charge in [-0.2, -0.15) is 0 Å². The van der Waals surface area contributed by atoms with Crippen molar-refractivity contribution in [3.8, 4) is 0 Å². The molecule has 1 heterocycles. The summed E-state index contributed by atoms with van der Waals surface area (Å²) in [6, 6.07) is 4.40. The number of benzene rings is 1. The fraction of sp³-hybridized carbons (Fsp3) is 0.538. The van der Waals surface area contributed by atoms with Crippen LogP contribution in [0.15, 0.2) is 12.1 Å². The Hall–Kier alpha value is -1.06. The molecular weight excluding hydrogens is 198 g/mol. The van der Waals surface area contributed by atoms with Gasteiger partial charge < -0.3 is 16.4 Å². The molecule has 0 amide bonds. The fourth-order valence-corrected chi connectivity index (χ4v) is 3.29. The van der Waals surface area contributed by atoms with Crippen molar-refractivity contribution in [2.75, 3.05) is 19.3 Å². The molecule has 2 atom stereocenters. The van der Waals surface area contributed by atoms with Crippen molar-refractivity contribution >= 4 is 5.69 Å². The minimum Gasteiger partial charge on any atom is -0.399 e. The first kappa shape index (κ1) is 10.1. The molecule has 4 N–H and O–H groups in total. The first-order valence-corrected chi connectivity index (χ1v) is 6.01. The molecule has 3 heteroatoms. The van der Waals surface area contributed by atoms with Crippen LogP contribution in [-0.4, -0.2) is 18.5 Å². The Bertz CT molecular complexity index is 427. The summed E-state index contributed by atoms with van der Waals surface area (Å²) in [5.74, 6) is 0.671. The van der Waals surface area contributed by atoms with Gasteiger partial charge in [-0.15, -0.1) is 0 Å². The molecule has 2 unspecified atom stereocenters. The second-order valence-electron chi connectivity index (χ2n) is 5.26. The molecule has 0 saturated carbocycles. The van der Waals surface area contributed by atoms with Crippen LogP contribution in [0.5, 0.6) is 0 Å². The number of anilines is 1. The number of rotatable bonds is 0. The maximum absolute atomic E-state index is 6.19. The van der Waals surface area contributed by atoms with Gasteiger partial charge in [0.15, 0.2) is 0 Å². The zero-order valence-corrected chi connectivity index (χ0v) is 9.74. The highest BCUT2D eigenvalue weighted by Crippen LogP contribution is 2.42. The van der Waals surface area contributed by atoms with Crippen molar-refractivity contribution in [1.82, 2.24) is 4.90 Å². The van der Waals surface area contributed by atoms with Crippen molar-refractivity contribution in [2.45, 2.75) is 31.3 Å². The lowest BCUT2D eigenvalue weighted by atomic mass is 9.75. The molecular formula is C13H19N3. The smallest absolute Gasteiger partial charge is 0.0320 e. The Balaban J connectivity index is 2.18. The molecule has 16 heavy (non-hydrogen) atoms. The predicted molar refractivity (Wildman–Crippen MR) is 66.1 cm³/mol. The van der Waals surface area contributed by atoms with Gasteiger partial charge >= 0.3 is 0 Å². The van der Waals surface area contributed by atoms with Crippen LogP contribution in [0.1, 0.15) is 41.5 Å². The third-order valence-corrected chi connectivity index (χ3v) is 3.93. The number of likely N-dealkylation sites (N-methyl/N-ethyl adjacent to an activating group) is 1. The van der Waals surface area contributed by atoms with Crippen LogP contribution >= 0.6 is 0 Å². The van der Waals surface area contributed by atoms with E-state index in [1.807, 2.05) is 0 Å². The number of nitrogens with two attached hydrogens (primary N) is 2. The Kier molecular flexibility index (Phi) is 2.19. The largest absolute Gasteiger partial charge is 0.399 e. The highest BCUT2D eigenvalue weighted by molar-refractivity contribution is 5.53. The summed E-state index contributed by atoms with van der Waals surface area (Å²) in [5.41, 5.74) is 17.2. The molecule has 2 aliphatic rings. The van der Waals surface area contributed by atoms with Crippen molar-refractivity contribution < 1.29 is 0 Å². The number of hydrogen-bond acceptors (Lipinski definition) is 3. The van der Waals surface area contributed by atoms with E-state index < -0.39 is 0 Å². The lowest BCUT2D eigenvalue weighted by Gasteiger charge is -2.39. The van der Waals surface area contributed by atoms with E-state index >= 15 is 0 Å². The highest BCUT2D eigenvalue weighted by atomic mass is 15.1. The molecule has 1 aliphatic heterocycles. The van der Waals surface area contributed by atoms with Gasteiger partial charge in [-0.25, -0.2) is 0 Å². The molecule has 1 aromatic carbocycles. The Labute approximate surface area is 96.4 Å². The number of nitrogen functional groups attached to an aromatic ring is 1. The van der Waals surface area contributed by atoms with Crippen LogP contribution in [0.25, 0.3) is 0 Å². The molecule has 3 nitrogen and oxygen atoms in total. The van der Waals surface area contributed by atoms with Crippen molar-refractivity contribution in [2.24, 2.45) is 5.73 Å². The van der Waals surface area contributed by atoms with Crippen LogP contribution in [0.4, 0.5) is 5.69 Å². The summed E-state index contributed by atoms with van der Waals surface area (Å²) in [4.78, 5) is 2.38. The van der Waals surface area contributed by atoms with E-state index in [0.29, 0.717) is 5.92 Å². The minimum absolute atomic E-state index is 0.192. The van der Waals surface area contributed by atoms with E-state index in [2.05, 4.69) is 24.1 Å². The van der Waals surface area contributed by atoms with Crippen molar-refractivity contribution in [1.29, 1.82) is 0 Å². The van der Waals surface area contributed by atoms with E-state index in [-0.39, 0.29) is 6.04 Å². The zero-order chi connectivity index (χ0) is 11.3. The molecule has 0 fully saturated rings. The van der Waals surface area contributed by atoms with E-state index in [1.54, 1.807) is 0 Å². The molecule has 3 rings (SSSR count). The van der Waals surface area contributed by atoms with E-state index in [1.165, 1.54) is 23.1 Å². The second-order valence-corrected chi connectivity index (χ2v) is 5.26. The second kappa shape index (κ2) is 3.47. The highest BCUT2D eigenvalue weighted by Gasteiger charge is 2.31. The van der Waals surface area contributed by atoms with Crippen LogP contribution < -0.4 is 11.5 Å². The summed E-state index contributed by atoms with van der Waals surface area (Å²) in [6.07, 6.45) is 2.31. The van der Waals surface area contributed by atoms with E-state index in [9.17, 15) is 0 Å². The quantitative estimate of drug-likeness (QED) is 0.649. The molecule has 1 aromatic rings. The Morgan fingerprint density at radius 3 is 2.94 bits per heavy atom. The Morgan fingerprint density at radius 1 is 1.31 bits per heavy atom. The van der Waals surface area contributed by atoms with Crippen LogP contribution in [0, 0.1) is 0 Å². The van der Waals surface area contributed by atoms with Crippen LogP contribution in [0.2, 0.25) is 0 Å². The van der Waals surface area contributed by atoms with Gasteiger partial charge in [0.1, 0.15) is 0 Å². The summed E-state index contributed by atoms with van der Waals surface area (Å²) in [6.45, 7) is 2.17. The lowest BCUT2D eigenvalue weighted by molar-refractivity contribution is 0.261. The van der Waals surface area contributed by atoms with Gasteiger partial charge in [0, 0.05) is 24.8 Å². The van der Waals surface area contributed by atoms with Gasteiger partial charge in [-0.05, 0) is 54.6 Å². The number of hydrogen-bond donors (Lipinski definition) is 2. The SMILES string of the molecule is CN1Cc2cc(N)cc3c2C(CCC3N)C1. The van der Waals surface area contributed by atoms with Crippen molar-refractivity contribution in [3.05, 3.63) is 28.8 Å². The molecule has 86 valence electrons. The summed E-state index contributed by atoms with van der Waals surface area (Å²) in [5, 5.41) is 0. The van der Waals surface area contributed by atoms with Gasteiger partial charge in [-0.3, -0.25) is 0 Å². The first-order chi connectivity index (χ1) is 7.65. The Morgan fingerprint density at radius 2 is 2.12 bits per heavy atom. The number of nitrogens with zero attached hydrogens (tertiary/aromatic N) is 1.